The Labute approximate surface area is 89.9 Å². The van der Waals surface area contributed by atoms with Gasteiger partial charge in [0.05, 0.1) is 12.1 Å². The van der Waals surface area contributed by atoms with E-state index >= 15 is 0 Å². The molecular formula is C10H8F2N2O2. The summed E-state index contributed by atoms with van der Waals surface area (Å²) < 4.78 is 28.2. The SMILES string of the molecule is O=C1CC(c2cccc(OC(F)F)c2)=NN1. The lowest BCUT2D eigenvalue weighted by Crippen LogP contribution is -2.09. The quantitative estimate of drug-likeness (QED) is 0.849. The van der Waals surface area contributed by atoms with Gasteiger partial charge in [-0.15, -0.1) is 0 Å². The van der Waals surface area contributed by atoms with E-state index < -0.39 is 6.61 Å². The highest BCUT2D eigenvalue weighted by molar-refractivity contribution is 6.13. The molecule has 1 aliphatic heterocycles. The Morgan fingerprint density at radius 2 is 2.25 bits per heavy atom. The fraction of sp³-hybridized carbons (Fsp3) is 0.200. The number of hydrazone groups is 1. The van der Waals surface area contributed by atoms with Crippen molar-refractivity contribution in [1.82, 2.24) is 5.43 Å². The zero-order chi connectivity index (χ0) is 11.5. The van der Waals surface area contributed by atoms with Crippen molar-refractivity contribution in [1.29, 1.82) is 0 Å². The van der Waals surface area contributed by atoms with Gasteiger partial charge in [0.2, 0.25) is 5.91 Å². The summed E-state index contributed by atoms with van der Waals surface area (Å²) in [5.41, 5.74) is 3.40. The predicted molar refractivity (Wildman–Crippen MR) is 52.4 cm³/mol. The molecule has 1 amide bonds. The van der Waals surface area contributed by atoms with Crippen molar-refractivity contribution >= 4 is 11.6 Å². The topological polar surface area (TPSA) is 50.7 Å². The largest absolute Gasteiger partial charge is 0.435 e. The second-order valence-electron chi connectivity index (χ2n) is 3.18. The van der Waals surface area contributed by atoms with Crippen LogP contribution in [-0.2, 0) is 4.79 Å². The van der Waals surface area contributed by atoms with Crippen LogP contribution in [0, 0.1) is 0 Å². The molecule has 4 nitrogen and oxygen atoms in total. The number of halogens is 2. The van der Waals surface area contributed by atoms with Crippen LogP contribution in [0.2, 0.25) is 0 Å². The van der Waals surface area contributed by atoms with E-state index in [1.54, 1.807) is 12.1 Å². The fourth-order valence-electron chi connectivity index (χ4n) is 1.38. The number of benzene rings is 1. The van der Waals surface area contributed by atoms with E-state index in [2.05, 4.69) is 15.3 Å². The van der Waals surface area contributed by atoms with Crippen molar-refractivity contribution in [3.63, 3.8) is 0 Å². The molecule has 0 unspecified atom stereocenters. The molecule has 1 aromatic carbocycles. The Hall–Kier alpha value is -1.98. The lowest BCUT2D eigenvalue weighted by molar-refractivity contribution is -0.119. The number of hydrogen-bond donors (Lipinski definition) is 1. The first-order valence-corrected chi connectivity index (χ1v) is 4.56. The van der Waals surface area contributed by atoms with Crippen molar-refractivity contribution in [2.45, 2.75) is 13.0 Å². The summed E-state index contributed by atoms with van der Waals surface area (Å²) in [5, 5.41) is 3.78. The number of carbonyl (C=O) groups is 1. The molecule has 0 spiro atoms. The summed E-state index contributed by atoms with van der Waals surface area (Å²) in [6, 6.07) is 6.08. The molecule has 84 valence electrons. The first-order chi connectivity index (χ1) is 7.65. The highest BCUT2D eigenvalue weighted by atomic mass is 19.3. The van der Waals surface area contributed by atoms with E-state index in [9.17, 15) is 13.6 Å². The number of amides is 1. The highest BCUT2D eigenvalue weighted by Gasteiger charge is 2.16. The van der Waals surface area contributed by atoms with Crippen LogP contribution >= 0.6 is 0 Å². The summed E-state index contributed by atoms with van der Waals surface area (Å²) >= 11 is 0. The van der Waals surface area contributed by atoms with Gasteiger partial charge in [0.1, 0.15) is 5.75 Å². The molecule has 2 rings (SSSR count). The second-order valence-corrected chi connectivity index (χ2v) is 3.18. The van der Waals surface area contributed by atoms with Crippen molar-refractivity contribution in [2.24, 2.45) is 5.10 Å². The standard InChI is InChI=1S/C10H8F2N2O2/c11-10(12)16-7-3-1-2-6(4-7)8-5-9(15)14-13-8/h1-4,10H,5H2,(H,14,15). The molecule has 1 heterocycles. The van der Waals surface area contributed by atoms with Crippen LogP contribution in [-0.4, -0.2) is 18.2 Å². The van der Waals surface area contributed by atoms with Gasteiger partial charge in [-0.3, -0.25) is 4.79 Å². The van der Waals surface area contributed by atoms with Crippen molar-refractivity contribution in [3.05, 3.63) is 29.8 Å². The Kier molecular flexibility index (Phi) is 2.80. The molecule has 0 radical (unpaired) electrons. The van der Waals surface area contributed by atoms with Crippen LogP contribution < -0.4 is 10.2 Å². The minimum Gasteiger partial charge on any atom is -0.435 e. The van der Waals surface area contributed by atoms with Crippen LogP contribution in [0.25, 0.3) is 0 Å². The number of alkyl halides is 2. The maximum Gasteiger partial charge on any atom is 0.387 e. The van der Waals surface area contributed by atoms with E-state index in [1.807, 2.05) is 0 Å². The van der Waals surface area contributed by atoms with Gasteiger partial charge in [-0.1, -0.05) is 12.1 Å². The number of nitrogens with one attached hydrogen (secondary N) is 1. The Morgan fingerprint density at radius 1 is 1.44 bits per heavy atom. The first-order valence-electron chi connectivity index (χ1n) is 4.56. The maximum atomic E-state index is 12.0. The van der Waals surface area contributed by atoms with E-state index in [4.69, 9.17) is 0 Å². The van der Waals surface area contributed by atoms with Gasteiger partial charge in [0.25, 0.3) is 0 Å². The monoisotopic (exact) mass is 226 g/mol. The average molecular weight is 226 g/mol. The fourth-order valence-corrected chi connectivity index (χ4v) is 1.38. The number of rotatable bonds is 3. The first kappa shape index (κ1) is 10.5. The summed E-state index contributed by atoms with van der Waals surface area (Å²) in [7, 11) is 0. The normalized spacial score (nSPS) is 14.9. The molecule has 1 aliphatic rings. The molecule has 0 saturated carbocycles. The zero-order valence-corrected chi connectivity index (χ0v) is 8.11. The molecule has 1 aromatic rings. The summed E-state index contributed by atoms with van der Waals surface area (Å²) in [6.07, 6.45) is 0.151. The minimum atomic E-state index is -2.86. The van der Waals surface area contributed by atoms with Crippen molar-refractivity contribution in [3.8, 4) is 5.75 Å². The summed E-state index contributed by atoms with van der Waals surface area (Å²) in [4.78, 5) is 10.9. The second kappa shape index (κ2) is 4.26. The van der Waals surface area contributed by atoms with Crippen LogP contribution in [0.4, 0.5) is 8.78 Å². The third-order valence-electron chi connectivity index (χ3n) is 2.04. The van der Waals surface area contributed by atoms with Gasteiger partial charge in [0, 0.05) is 5.56 Å². The van der Waals surface area contributed by atoms with Crippen molar-refractivity contribution in [2.75, 3.05) is 0 Å². The van der Waals surface area contributed by atoms with Crippen LogP contribution in [0.15, 0.2) is 29.4 Å². The molecule has 0 aliphatic carbocycles. The molecule has 0 saturated heterocycles. The Morgan fingerprint density at radius 3 is 2.88 bits per heavy atom. The van der Waals surface area contributed by atoms with Crippen LogP contribution in [0.1, 0.15) is 12.0 Å². The lowest BCUT2D eigenvalue weighted by atomic mass is 10.1. The lowest BCUT2D eigenvalue weighted by Gasteiger charge is -2.05. The van der Waals surface area contributed by atoms with Crippen LogP contribution in [0.5, 0.6) is 5.75 Å². The highest BCUT2D eigenvalue weighted by Crippen LogP contribution is 2.18. The van der Waals surface area contributed by atoms with E-state index in [1.165, 1.54) is 12.1 Å². The van der Waals surface area contributed by atoms with Gasteiger partial charge in [-0.25, -0.2) is 5.43 Å². The molecule has 16 heavy (non-hydrogen) atoms. The summed E-state index contributed by atoms with van der Waals surface area (Å²) in [5.74, 6) is -0.162. The van der Waals surface area contributed by atoms with E-state index in [0.717, 1.165) is 0 Å². The van der Waals surface area contributed by atoms with Gasteiger partial charge in [-0.05, 0) is 12.1 Å². The molecule has 0 fully saturated rings. The molecule has 1 N–H and O–H groups in total. The minimum absolute atomic E-state index is 0.0505. The Bertz CT molecular complexity index is 446. The zero-order valence-electron chi connectivity index (χ0n) is 8.11. The van der Waals surface area contributed by atoms with Gasteiger partial charge < -0.3 is 4.74 Å². The predicted octanol–water partition coefficient (Wildman–Crippen LogP) is 1.51. The molecular weight excluding hydrogens is 218 g/mol. The smallest absolute Gasteiger partial charge is 0.387 e. The van der Waals surface area contributed by atoms with Crippen LogP contribution in [0.3, 0.4) is 0 Å². The number of nitrogens with zero attached hydrogens (tertiary/aromatic N) is 1. The Balaban J connectivity index is 2.19. The van der Waals surface area contributed by atoms with Gasteiger partial charge in [-0.2, -0.15) is 13.9 Å². The molecule has 0 aromatic heterocycles. The van der Waals surface area contributed by atoms with Gasteiger partial charge in [0.15, 0.2) is 0 Å². The van der Waals surface area contributed by atoms with Crippen molar-refractivity contribution < 1.29 is 18.3 Å². The summed E-state index contributed by atoms with van der Waals surface area (Å²) in [6.45, 7) is -2.86. The third kappa shape index (κ3) is 2.33. The maximum absolute atomic E-state index is 12.0. The van der Waals surface area contributed by atoms with Gasteiger partial charge >= 0.3 is 6.61 Å². The van der Waals surface area contributed by atoms with E-state index in [-0.39, 0.29) is 18.1 Å². The number of ether oxygens (including phenoxy) is 1. The molecule has 6 heteroatoms. The molecule has 0 atom stereocenters. The number of carbonyl (C=O) groups excluding carboxylic acids is 1. The van der Waals surface area contributed by atoms with E-state index in [0.29, 0.717) is 11.3 Å². The third-order valence-corrected chi connectivity index (χ3v) is 2.04. The average Bonchev–Trinajstić information content (AvgIpc) is 2.64. The number of hydrogen-bond acceptors (Lipinski definition) is 3. The molecule has 0 bridgehead atoms.